The van der Waals surface area contributed by atoms with E-state index in [0.29, 0.717) is 23.2 Å². The van der Waals surface area contributed by atoms with E-state index in [1.807, 2.05) is 0 Å². The fourth-order valence-electron chi connectivity index (χ4n) is 3.51. The molecule has 1 aliphatic rings. The van der Waals surface area contributed by atoms with Gasteiger partial charge in [0.2, 0.25) is 0 Å². The first-order valence-corrected chi connectivity index (χ1v) is 10.2. The Morgan fingerprint density at radius 3 is 2.31 bits per heavy atom. The fraction of sp³-hybridized carbons (Fsp3) is 0.350. The minimum atomic E-state index is -4.65. The van der Waals surface area contributed by atoms with Gasteiger partial charge in [-0.05, 0) is 34.8 Å². The number of carbonyl (C=O) groups is 1. The van der Waals surface area contributed by atoms with Crippen molar-refractivity contribution in [3.63, 3.8) is 0 Å². The molecule has 152 valence electrons. The molecule has 9 heteroatoms. The van der Waals surface area contributed by atoms with Crippen LogP contribution < -0.4 is 0 Å². The second-order valence-electron chi connectivity index (χ2n) is 6.99. The standard InChI is InChI=1S/C20H18BrF3N4O/c21-16-17(19(29)27-10-6-1-2-7-11-27)26-28-15(20(22,23)24)12-14(25-18(16)28)13-8-4-3-5-9-13/h3-5,8-9,12H,1-2,6-7,10-11H2. The summed E-state index contributed by atoms with van der Waals surface area (Å²) in [4.78, 5) is 19.0. The largest absolute Gasteiger partial charge is 0.433 e. The number of halogens is 4. The van der Waals surface area contributed by atoms with Crippen molar-refractivity contribution in [2.75, 3.05) is 13.1 Å². The Morgan fingerprint density at radius 2 is 1.69 bits per heavy atom. The zero-order chi connectivity index (χ0) is 20.6. The monoisotopic (exact) mass is 466 g/mol. The van der Waals surface area contributed by atoms with Crippen molar-refractivity contribution in [3.05, 3.63) is 52.3 Å². The van der Waals surface area contributed by atoms with Gasteiger partial charge in [0.05, 0.1) is 10.2 Å². The SMILES string of the molecule is O=C(c1nn2c(C(F)(F)F)cc(-c3ccccc3)nc2c1Br)N1CCCCCC1. The number of hydrogen-bond donors (Lipinski definition) is 0. The van der Waals surface area contributed by atoms with Crippen LogP contribution in [0.5, 0.6) is 0 Å². The first kappa shape index (κ1) is 19.9. The summed E-state index contributed by atoms with van der Waals surface area (Å²) in [5.41, 5.74) is -0.335. The molecule has 0 unspecified atom stereocenters. The second-order valence-corrected chi connectivity index (χ2v) is 7.79. The maximum Gasteiger partial charge on any atom is 0.433 e. The van der Waals surface area contributed by atoms with Crippen molar-refractivity contribution >= 4 is 27.5 Å². The van der Waals surface area contributed by atoms with E-state index < -0.39 is 11.9 Å². The Balaban J connectivity index is 1.86. The minimum Gasteiger partial charge on any atom is -0.337 e. The van der Waals surface area contributed by atoms with Crippen molar-refractivity contribution in [1.82, 2.24) is 19.5 Å². The van der Waals surface area contributed by atoms with Gasteiger partial charge in [-0.15, -0.1) is 0 Å². The van der Waals surface area contributed by atoms with Crippen molar-refractivity contribution in [1.29, 1.82) is 0 Å². The average Bonchev–Trinajstić information content (AvgIpc) is 2.88. The van der Waals surface area contributed by atoms with Crippen LogP contribution in [0, 0.1) is 0 Å². The van der Waals surface area contributed by atoms with Crippen molar-refractivity contribution in [2.45, 2.75) is 31.9 Å². The maximum atomic E-state index is 13.8. The van der Waals surface area contributed by atoms with E-state index in [0.717, 1.165) is 31.7 Å². The number of nitrogens with zero attached hydrogens (tertiary/aromatic N) is 4. The van der Waals surface area contributed by atoms with Gasteiger partial charge in [-0.25, -0.2) is 9.50 Å². The third-order valence-electron chi connectivity index (χ3n) is 4.99. The summed E-state index contributed by atoms with van der Waals surface area (Å²) in [7, 11) is 0. The summed E-state index contributed by atoms with van der Waals surface area (Å²) in [5, 5.41) is 4.02. The zero-order valence-corrected chi connectivity index (χ0v) is 17.0. The summed E-state index contributed by atoms with van der Waals surface area (Å²) in [6.45, 7) is 1.15. The van der Waals surface area contributed by atoms with Gasteiger partial charge in [-0.2, -0.15) is 18.3 Å². The van der Waals surface area contributed by atoms with Gasteiger partial charge >= 0.3 is 6.18 Å². The van der Waals surface area contributed by atoms with Gasteiger partial charge in [0.25, 0.3) is 5.91 Å². The third kappa shape index (κ3) is 3.88. The van der Waals surface area contributed by atoms with Crippen molar-refractivity contribution in [3.8, 4) is 11.3 Å². The Kier molecular flexibility index (Phi) is 5.33. The molecule has 0 N–H and O–H groups in total. The molecule has 1 fully saturated rings. The van der Waals surface area contributed by atoms with E-state index in [2.05, 4.69) is 26.0 Å². The van der Waals surface area contributed by atoms with Gasteiger partial charge in [0, 0.05) is 18.7 Å². The Morgan fingerprint density at radius 1 is 1.03 bits per heavy atom. The first-order valence-electron chi connectivity index (χ1n) is 9.37. The molecule has 1 aromatic carbocycles. The van der Waals surface area contributed by atoms with Crippen LogP contribution in [0.4, 0.5) is 13.2 Å². The molecule has 0 bridgehead atoms. The van der Waals surface area contributed by atoms with Crippen LogP contribution in [0.3, 0.4) is 0 Å². The maximum absolute atomic E-state index is 13.8. The Labute approximate surface area is 173 Å². The van der Waals surface area contributed by atoms with E-state index in [4.69, 9.17) is 0 Å². The van der Waals surface area contributed by atoms with Crippen molar-refractivity contribution < 1.29 is 18.0 Å². The molecule has 4 rings (SSSR count). The predicted molar refractivity (Wildman–Crippen MR) is 105 cm³/mol. The summed E-state index contributed by atoms with van der Waals surface area (Å²) in [5.74, 6) is -0.376. The van der Waals surface area contributed by atoms with Crippen LogP contribution in [0.25, 0.3) is 16.9 Å². The van der Waals surface area contributed by atoms with Crippen molar-refractivity contribution in [2.24, 2.45) is 0 Å². The molecule has 1 aliphatic heterocycles. The number of rotatable bonds is 2. The minimum absolute atomic E-state index is 0.0307. The predicted octanol–water partition coefficient (Wildman–Crippen LogP) is 5.19. The van der Waals surface area contributed by atoms with E-state index in [-0.39, 0.29) is 27.4 Å². The van der Waals surface area contributed by atoms with E-state index >= 15 is 0 Å². The highest BCUT2D eigenvalue weighted by molar-refractivity contribution is 9.10. The van der Waals surface area contributed by atoms with E-state index in [9.17, 15) is 18.0 Å². The molecule has 1 amide bonds. The van der Waals surface area contributed by atoms with Crippen LogP contribution in [0.1, 0.15) is 41.9 Å². The normalized spacial score (nSPS) is 15.5. The number of hydrogen-bond acceptors (Lipinski definition) is 3. The molecular formula is C20H18BrF3N4O. The quantitative estimate of drug-likeness (QED) is 0.521. The van der Waals surface area contributed by atoms with Gasteiger partial charge in [-0.3, -0.25) is 4.79 Å². The highest BCUT2D eigenvalue weighted by Crippen LogP contribution is 2.35. The molecule has 3 aromatic rings. The first-order chi connectivity index (χ1) is 13.9. The number of aromatic nitrogens is 3. The van der Waals surface area contributed by atoms with Gasteiger partial charge < -0.3 is 4.90 Å². The molecule has 2 aromatic heterocycles. The number of benzene rings is 1. The van der Waals surface area contributed by atoms with E-state index in [1.165, 1.54) is 0 Å². The molecular weight excluding hydrogens is 449 g/mol. The number of fused-ring (bicyclic) bond motifs is 1. The lowest BCUT2D eigenvalue weighted by molar-refractivity contribution is -0.142. The molecule has 5 nitrogen and oxygen atoms in total. The molecule has 0 aliphatic carbocycles. The number of amides is 1. The molecule has 1 saturated heterocycles. The lowest BCUT2D eigenvalue weighted by Crippen LogP contribution is -2.32. The lowest BCUT2D eigenvalue weighted by Gasteiger charge is -2.18. The Bertz CT molecular complexity index is 1040. The summed E-state index contributed by atoms with van der Waals surface area (Å²) >= 11 is 3.29. The van der Waals surface area contributed by atoms with Gasteiger partial charge in [-0.1, -0.05) is 43.2 Å². The molecule has 29 heavy (non-hydrogen) atoms. The third-order valence-corrected chi connectivity index (χ3v) is 5.72. The summed E-state index contributed by atoms with van der Waals surface area (Å²) < 4.78 is 42.2. The zero-order valence-electron chi connectivity index (χ0n) is 15.4. The smallest absolute Gasteiger partial charge is 0.337 e. The molecule has 0 radical (unpaired) electrons. The van der Waals surface area contributed by atoms with Crippen LogP contribution >= 0.6 is 15.9 Å². The van der Waals surface area contributed by atoms with Gasteiger partial charge in [0.15, 0.2) is 17.0 Å². The Hall–Kier alpha value is -2.42. The highest BCUT2D eigenvalue weighted by Gasteiger charge is 2.37. The van der Waals surface area contributed by atoms with Crippen LogP contribution in [-0.4, -0.2) is 38.5 Å². The van der Waals surface area contributed by atoms with E-state index in [1.54, 1.807) is 35.2 Å². The molecule has 0 saturated carbocycles. The molecule has 0 spiro atoms. The molecule has 0 atom stereocenters. The average molecular weight is 467 g/mol. The second kappa shape index (κ2) is 7.78. The summed E-state index contributed by atoms with van der Waals surface area (Å²) in [6, 6.07) is 9.57. The van der Waals surface area contributed by atoms with Crippen LogP contribution in [0.15, 0.2) is 40.9 Å². The molecule has 3 heterocycles. The number of carbonyl (C=O) groups excluding carboxylic acids is 1. The fourth-order valence-corrected chi connectivity index (χ4v) is 4.02. The number of alkyl halides is 3. The number of likely N-dealkylation sites (tertiary alicyclic amines) is 1. The van der Waals surface area contributed by atoms with Gasteiger partial charge in [0.1, 0.15) is 0 Å². The highest BCUT2D eigenvalue weighted by atomic mass is 79.9. The van der Waals surface area contributed by atoms with Crippen LogP contribution in [-0.2, 0) is 6.18 Å². The topological polar surface area (TPSA) is 50.5 Å². The summed E-state index contributed by atoms with van der Waals surface area (Å²) in [6.07, 6.45) is -0.826. The van der Waals surface area contributed by atoms with Crippen LogP contribution in [0.2, 0.25) is 0 Å². The lowest BCUT2D eigenvalue weighted by atomic mass is 10.1.